The molecule has 1 N–H and O–H groups in total. The summed E-state index contributed by atoms with van der Waals surface area (Å²) in [5.74, 6) is 0.781. The van der Waals surface area contributed by atoms with Gasteiger partial charge < -0.3 is 10.1 Å². The minimum Gasteiger partial charge on any atom is -0.376 e. The Hall–Kier alpha value is -0.0800. The van der Waals surface area contributed by atoms with Gasteiger partial charge in [0.1, 0.15) is 0 Å². The standard InChI is InChI=1S/C11H23NO/c1-5-12-9(2)10-6-7-13-11(3,4)8-10/h9-10,12H,5-8H2,1-4H3. The molecule has 0 amide bonds. The van der Waals surface area contributed by atoms with Gasteiger partial charge in [0.05, 0.1) is 5.60 Å². The van der Waals surface area contributed by atoms with Crippen molar-refractivity contribution >= 4 is 0 Å². The lowest BCUT2D eigenvalue weighted by Gasteiger charge is -2.38. The molecule has 0 saturated carbocycles. The van der Waals surface area contributed by atoms with Crippen LogP contribution in [0, 0.1) is 5.92 Å². The third kappa shape index (κ3) is 3.28. The van der Waals surface area contributed by atoms with Crippen LogP contribution in [0.15, 0.2) is 0 Å². The van der Waals surface area contributed by atoms with Gasteiger partial charge in [0.15, 0.2) is 0 Å². The molecule has 2 atom stereocenters. The van der Waals surface area contributed by atoms with Gasteiger partial charge in [-0.15, -0.1) is 0 Å². The van der Waals surface area contributed by atoms with Gasteiger partial charge in [-0.25, -0.2) is 0 Å². The zero-order valence-corrected chi connectivity index (χ0v) is 9.39. The zero-order valence-electron chi connectivity index (χ0n) is 9.39. The summed E-state index contributed by atoms with van der Waals surface area (Å²) < 4.78 is 5.70. The van der Waals surface area contributed by atoms with E-state index in [1.807, 2.05) is 0 Å². The molecule has 0 aromatic rings. The normalized spacial score (nSPS) is 30.0. The molecule has 1 fully saturated rings. The summed E-state index contributed by atoms with van der Waals surface area (Å²) in [6, 6.07) is 0.633. The van der Waals surface area contributed by atoms with Gasteiger partial charge in [-0.3, -0.25) is 0 Å². The number of hydrogen-bond acceptors (Lipinski definition) is 2. The van der Waals surface area contributed by atoms with E-state index in [1.54, 1.807) is 0 Å². The van der Waals surface area contributed by atoms with E-state index in [0.29, 0.717) is 6.04 Å². The van der Waals surface area contributed by atoms with Crippen LogP contribution in [0.1, 0.15) is 40.5 Å². The maximum atomic E-state index is 5.70. The SMILES string of the molecule is CCNC(C)C1CCOC(C)(C)C1. The Labute approximate surface area is 82.0 Å². The first-order valence-corrected chi connectivity index (χ1v) is 5.42. The first kappa shape index (κ1) is 11.0. The third-order valence-electron chi connectivity index (χ3n) is 2.97. The molecule has 2 heteroatoms. The molecule has 0 spiro atoms. The maximum absolute atomic E-state index is 5.70. The van der Waals surface area contributed by atoms with E-state index in [1.165, 1.54) is 12.8 Å². The summed E-state index contributed by atoms with van der Waals surface area (Å²) in [6.45, 7) is 10.8. The molecule has 1 saturated heterocycles. The second kappa shape index (κ2) is 4.43. The van der Waals surface area contributed by atoms with E-state index >= 15 is 0 Å². The molecule has 2 nitrogen and oxygen atoms in total. The van der Waals surface area contributed by atoms with Crippen LogP contribution < -0.4 is 5.32 Å². The Balaban J connectivity index is 2.42. The van der Waals surface area contributed by atoms with Gasteiger partial charge in [0.25, 0.3) is 0 Å². The van der Waals surface area contributed by atoms with Crippen LogP contribution in [0.25, 0.3) is 0 Å². The van der Waals surface area contributed by atoms with Crippen LogP contribution in [-0.2, 0) is 4.74 Å². The van der Waals surface area contributed by atoms with Crippen molar-refractivity contribution in [1.29, 1.82) is 0 Å². The fourth-order valence-electron chi connectivity index (χ4n) is 2.19. The lowest BCUT2D eigenvalue weighted by Crippen LogP contribution is -2.42. The highest BCUT2D eigenvalue weighted by atomic mass is 16.5. The fraction of sp³-hybridized carbons (Fsp3) is 1.00. The average Bonchev–Trinajstić information content (AvgIpc) is 2.03. The Morgan fingerprint density at radius 3 is 2.77 bits per heavy atom. The Morgan fingerprint density at radius 2 is 2.23 bits per heavy atom. The first-order chi connectivity index (χ1) is 6.05. The fourth-order valence-corrected chi connectivity index (χ4v) is 2.19. The van der Waals surface area contributed by atoms with E-state index in [-0.39, 0.29) is 5.60 Å². The Bertz CT molecular complexity index is 156. The predicted octanol–water partition coefficient (Wildman–Crippen LogP) is 2.19. The minimum absolute atomic E-state index is 0.0899. The quantitative estimate of drug-likeness (QED) is 0.727. The Morgan fingerprint density at radius 1 is 1.54 bits per heavy atom. The van der Waals surface area contributed by atoms with Crippen molar-refractivity contribution in [1.82, 2.24) is 5.32 Å². The van der Waals surface area contributed by atoms with Crippen LogP contribution in [0.4, 0.5) is 0 Å². The van der Waals surface area contributed by atoms with Gasteiger partial charge in [-0.05, 0) is 46.1 Å². The zero-order chi connectivity index (χ0) is 9.90. The van der Waals surface area contributed by atoms with Crippen molar-refractivity contribution in [2.75, 3.05) is 13.2 Å². The van der Waals surface area contributed by atoms with Crippen molar-refractivity contribution in [3.05, 3.63) is 0 Å². The van der Waals surface area contributed by atoms with Gasteiger partial charge >= 0.3 is 0 Å². The van der Waals surface area contributed by atoms with E-state index in [2.05, 4.69) is 33.0 Å². The monoisotopic (exact) mass is 185 g/mol. The van der Waals surface area contributed by atoms with Crippen molar-refractivity contribution in [3.8, 4) is 0 Å². The second-order valence-corrected chi connectivity index (χ2v) is 4.71. The minimum atomic E-state index is 0.0899. The van der Waals surface area contributed by atoms with Gasteiger partial charge in [-0.1, -0.05) is 6.92 Å². The molecule has 2 unspecified atom stereocenters. The summed E-state index contributed by atoms with van der Waals surface area (Å²) in [5.41, 5.74) is 0.0899. The maximum Gasteiger partial charge on any atom is 0.0629 e. The van der Waals surface area contributed by atoms with Gasteiger partial charge in [-0.2, -0.15) is 0 Å². The van der Waals surface area contributed by atoms with Crippen LogP contribution in [0.2, 0.25) is 0 Å². The molecule has 0 aromatic heterocycles. The van der Waals surface area contributed by atoms with Crippen LogP contribution in [0.3, 0.4) is 0 Å². The number of nitrogens with one attached hydrogen (secondary N) is 1. The van der Waals surface area contributed by atoms with Crippen molar-refractivity contribution in [3.63, 3.8) is 0 Å². The number of rotatable bonds is 3. The molecule has 13 heavy (non-hydrogen) atoms. The first-order valence-electron chi connectivity index (χ1n) is 5.42. The molecule has 1 aliphatic rings. The highest BCUT2D eigenvalue weighted by Crippen LogP contribution is 2.30. The molecule has 1 rings (SSSR count). The molecular formula is C11H23NO. The molecule has 1 heterocycles. The summed E-state index contributed by atoms with van der Waals surface area (Å²) in [6.07, 6.45) is 2.39. The van der Waals surface area contributed by atoms with Crippen molar-refractivity contribution in [2.45, 2.75) is 52.2 Å². The molecule has 0 aliphatic carbocycles. The summed E-state index contributed by atoms with van der Waals surface area (Å²) in [7, 11) is 0. The highest BCUT2D eigenvalue weighted by molar-refractivity contribution is 4.83. The van der Waals surface area contributed by atoms with Crippen LogP contribution in [-0.4, -0.2) is 24.8 Å². The molecule has 1 aliphatic heterocycles. The average molecular weight is 185 g/mol. The lowest BCUT2D eigenvalue weighted by molar-refractivity contribution is -0.0772. The second-order valence-electron chi connectivity index (χ2n) is 4.71. The van der Waals surface area contributed by atoms with E-state index in [9.17, 15) is 0 Å². The van der Waals surface area contributed by atoms with Gasteiger partial charge in [0, 0.05) is 12.6 Å². The molecular weight excluding hydrogens is 162 g/mol. The number of ether oxygens (including phenoxy) is 1. The summed E-state index contributed by atoms with van der Waals surface area (Å²) in [5, 5.41) is 3.50. The van der Waals surface area contributed by atoms with Gasteiger partial charge in [0.2, 0.25) is 0 Å². The van der Waals surface area contributed by atoms with E-state index in [4.69, 9.17) is 4.74 Å². The van der Waals surface area contributed by atoms with E-state index in [0.717, 1.165) is 19.1 Å². The van der Waals surface area contributed by atoms with Crippen LogP contribution in [0.5, 0.6) is 0 Å². The largest absolute Gasteiger partial charge is 0.376 e. The smallest absolute Gasteiger partial charge is 0.0629 e. The molecule has 78 valence electrons. The molecule has 0 bridgehead atoms. The molecule has 0 aromatic carbocycles. The highest BCUT2D eigenvalue weighted by Gasteiger charge is 2.31. The third-order valence-corrected chi connectivity index (χ3v) is 2.97. The summed E-state index contributed by atoms with van der Waals surface area (Å²) in [4.78, 5) is 0. The topological polar surface area (TPSA) is 21.3 Å². The van der Waals surface area contributed by atoms with Crippen molar-refractivity contribution in [2.24, 2.45) is 5.92 Å². The molecule has 0 radical (unpaired) electrons. The van der Waals surface area contributed by atoms with Crippen LogP contribution >= 0.6 is 0 Å². The van der Waals surface area contributed by atoms with Crippen molar-refractivity contribution < 1.29 is 4.74 Å². The Kier molecular flexibility index (Phi) is 3.74. The lowest BCUT2D eigenvalue weighted by atomic mass is 9.84. The van der Waals surface area contributed by atoms with E-state index < -0.39 is 0 Å². The summed E-state index contributed by atoms with van der Waals surface area (Å²) >= 11 is 0. The predicted molar refractivity (Wildman–Crippen MR) is 55.9 cm³/mol. The number of hydrogen-bond donors (Lipinski definition) is 1.